The minimum atomic E-state index is -0.208. The summed E-state index contributed by atoms with van der Waals surface area (Å²) in [6.07, 6.45) is 3.85. The second kappa shape index (κ2) is 10.4. The summed E-state index contributed by atoms with van der Waals surface area (Å²) in [6.45, 7) is 1.49. The molecule has 4 N–H and O–H groups in total. The smallest absolute Gasteiger partial charge is 0.225 e. The van der Waals surface area contributed by atoms with Crippen LogP contribution in [0.25, 0.3) is 10.2 Å². The molecule has 0 unspecified atom stereocenters. The normalized spacial score (nSPS) is 17.8. The Labute approximate surface area is 207 Å². The SMILES string of the molecule is CC(=O)Nc1ccc2nc(Nc3cc(Cc4ccccc4)nc(NC4CCC(O)CC4)n3)sc2c1. The number of amides is 1. The van der Waals surface area contributed by atoms with Crippen molar-refractivity contribution in [1.82, 2.24) is 15.0 Å². The number of nitrogens with zero attached hydrogens (tertiary/aromatic N) is 3. The number of aliphatic hydroxyl groups is 1. The largest absolute Gasteiger partial charge is 0.393 e. The molecule has 2 heterocycles. The van der Waals surface area contributed by atoms with Crippen LogP contribution in [-0.4, -0.2) is 38.1 Å². The van der Waals surface area contributed by atoms with Crippen molar-refractivity contribution in [3.63, 3.8) is 0 Å². The number of hydrogen-bond donors (Lipinski definition) is 4. The Morgan fingerprint density at radius 1 is 1.03 bits per heavy atom. The van der Waals surface area contributed by atoms with Crippen molar-refractivity contribution in [2.45, 2.75) is 51.2 Å². The van der Waals surface area contributed by atoms with Crippen molar-refractivity contribution < 1.29 is 9.90 Å². The van der Waals surface area contributed by atoms with Gasteiger partial charge < -0.3 is 21.1 Å². The molecule has 2 aromatic carbocycles. The lowest BCUT2D eigenvalue weighted by Crippen LogP contribution is -2.29. The summed E-state index contributed by atoms with van der Waals surface area (Å²) in [5, 5.41) is 20.2. The van der Waals surface area contributed by atoms with E-state index in [1.54, 1.807) is 0 Å². The van der Waals surface area contributed by atoms with E-state index in [-0.39, 0.29) is 18.1 Å². The monoisotopic (exact) mass is 488 g/mol. The number of carbonyl (C=O) groups excluding carboxylic acids is 1. The maximum Gasteiger partial charge on any atom is 0.225 e. The third-order valence-corrected chi connectivity index (χ3v) is 6.91. The van der Waals surface area contributed by atoms with Crippen LogP contribution in [0.3, 0.4) is 0 Å². The first-order chi connectivity index (χ1) is 17.0. The van der Waals surface area contributed by atoms with Gasteiger partial charge in [-0.05, 0) is 49.4 Å². The number of rotatable bonds is 7. The zero-order valence-corrected chi connectivity index (χ0v) is 20.3. The van der Waals surface area contributed by atoms with Crippen molar-refractivity contribution in [2.24, 2.45) is 0 Å². The van der Waals surface area contributed by atoms with E-state index in [2.05, 4.69) is 33.1 Å². The first kappa shape index (κ1) is 23.2. The number of aromatic nitrogens is 3. The Kier molecular flexibility index (Phi) is 6.87. The molecule has 8 nitrogen and oxygen atoms in total. The molecule has 5 rings (SSSR count). The van der Waals surface area contributed by atoms with Crippen molar-refractivity contribution >= 4 is 50.0 Å². The van der Waals surface area contributed by atoms with Crippen LogP contribution in [0.5, 0.6) is 0 Å². The number of anilines is 4. The van der Waals surface area contributed by atoms with Gasteiger partial charge in [-0.3, -0.25) is 4.79 Å². The van der Waals surface area contributed by atoms with E-state index in [0.717, 1.165) is 52.4 Å². The minimum absolute atomic E-state index is 0.105. The van der Waals surface area contributed by atoms with E-state index in [9.17, 15) is 9.90 Å². The molecule has 0 aliphatic heterocycles. The van der Waals surface area contributed by atoms with E-state index in [1.807, 2.05) is 42.5 Å². The van der Waals surface area contributed by atoms with Crippen molar-refractivity contribution in [1.29, 1.82) is 0 Å². The number of hydrogen-bond acceptors (Lipinski definition) is 8. The van der Waals surface area contributed by atoms with Crippen LogP contribution in [-0.2, 0) is 11.2 Å². The molecule has 1 fully saturated rings. The molecule has 35 heavy (non-hydrogen) atoms. The highest BCUT2D eigenvalue weighted by Gasteiger charge is 2.20. The Balaban J connectivity index is 1.40. The predicted molar refractivity (Wildman–Crippen MR) is 140 cm³/mol. The average Bonchev–Trinajstić information content (AvgIpc) is 3.22. The number of nitrogens with one attached hydrogen (secondary N) is 3. The zero-order chi connectivity index (χ0) is 24.2. The Hall–Kier alpha value is -3.56. The third-order valence-electron chi connectivity index (χ3n) is 5.98. The topological polar surface area (TPSA) is 112 Å². The van der Waals surface area contributed by atoms with E-state index in [1.165, 1.54) is 23.8 Å². The van der Waals surface area contributed by atoms with Gasteiger partial charge in [-0.15, -0.1) is 0 Å². The maximum atomic E-state index is 11.4. The highest BCUT2D eigenvalue weighted by atomic mass is 32.1. The molecular formula is C26H28N6O2S. The van der Waals surface area contributed by atoms with Crippen LogP contribution in [0, 0.1) is 0 Å². The molecule has 0 radical (unpaired) electrons. The highest BCUT2D eigenvalue weighted by Crippen LogP contribution is 2.31. The molecule has 2 aromatic heterocycles. The minimum Gasteiger partial charge on any atom is -0.393 e. The number of thiazole rings is 1. The van der Waals surface area contributed by atoms with Crippen LogP contribution in [0.15, 0.2) is 54.6 Å². The van der Waals surface area contributed by atoms with Gasteiger partial charge in [0.25, 0.3) is 0 Å². The van der Waals surface area contributed by atoms with Crippen molar-refractivity contribution in [2.75, 3.05) is 16.0 Å². The van der Waals surface area contributed by atoms with E-state index < -0.39 is 0 Å². The molecule has 4 aromatic rings. The second-order valence-electron chi connectivity index (χ2n) is 8.89. The molecule has 0 atom stereocenters. The van der Waals surface area contributed by atoms with Gasteiger partial charge in [0.1, 0.15) is 5.82 Å². The van der Waals surface area contributed by atoms with E-state index in [4.69, 9.17) is 9.97 Å². The summed E-state index contributed by atoms with van der Waals surface area (Å²) in [4.78, 5) is 25.6. The molecule has 1 aliphatic carbocycles. The first-order valence-electron chi connectivity index (χ1n) is 11.8. The number of aliphatic hydroxyl groups excluding tert-OH is 1. The molecule has 9 heteroatoms. The lowest BCUT2D eigenvalue weighted by Gasteiger charge is -2.26. The summed E-state index contributed by atoms with van der Waals surface area (Å²) in [6, 6.07) is 18.1. The van der Waals surface area contributed by atoms with Gasteiger partial charge in [0.05, 0.1) is 22.0 Å². The predicted octanol–water partition coefficient (Wildman–Crippen LogP) is 5.09. The van der Waals surface area contributed by atoms with Crippen LogP contribution >= 0.6 is 11.3 Å². The Bertz CT molecular complexity index is 1320. The van der Waals surface area contributed by atoms with Gasteiger partial charge in [-0.1, -0.05) is 41.7 Å². The first-order valence-corrected chi connectivity index (χ1v) is 12.6. The van der Waals surface area contributed by atoms with E-state index >= 15 is 0 Å². The van der Waals surface area contributed by atoms with Gasteiger partial charge in [0.15, 0.2) is 5.13 Å². The molecular weight excluding hydrogens is 460 g/mol. The summed E-state index contributed by atoms with van der Waals surface area (Å²) in [7, 11) is 0. The van der Waals surface area contributed by atoms with Crippen LogP contribution in [0.4, 0.5) is 22.6 Å². The molecule has 1 aliphatic rings. The number of benzene rings is 2. The van der Waals surface area contributed by atoms with Gasteiger partial charge >= 0.3 is 0 Å². The lowest BCUT2D eigenvalue weighted by molar-refractivity contribution is -0.114. The molecule has 0 saturated heterocycles. The Morgan fingerprint density at radius 3 is 2.60 bits per heavy atom. The highest BCUT2D eigenvalue weighted by molar-refractivity contribution is 7.22. The fourth-order valence-corrected chi connectivity index (χ4v) is 5.21. The standard InChI is InChI=1S/C26H28N6O2S/c1-16(33)27-19-9-12-22-23(14-19)35-26(30-22)32-24-15-20(13-17-5-3-2-4-6-17)29-25(31-24)28-18-7-10-21(34)11-8-18/h2-6,9,12,14-15,18,21,34H,7-8,10-11,13H2,1H3,(H,27,33)(H2,28,29,30,31,32). The quantitative estimate of drug-likeness (QED) is 0.286. The maximum absolute atomic E-state index is 11.4. The zero-order valence-electron chi connectivity index (χ0n) is 19.5. The van der Waals surface area contributed by atoms with Gasteiger partial charge in [0, 0.05) is 31.1 Å². The summed E-state index contributed by atoms with van der Waals surface area (Å²) >= 11 is 1.50. The van der Waals surface area contributed by atoms with Crippen molar-refractivity contribution in [3.05, 3.63) is 65.9 Å². The van der Waals surface area contributed by atoms with Crippen LogP contribution < -0.4 is 16.0 Å². The molecule has 180 valence electrons. The van der Waals surface area contributed by atoms with Gasteiger partial charge in [-0.2, -0.15) is 4.98 Å². The number of fused-ring (bicyclic) bond motifs is 1. The van der Waals surface area contributed by atoms with E-state index in [0.29, 0.717) is 18.2 Å². The fourth-order valence-electron chi connectivity index (χ4n) is 4.29. The Morgan fingerprint density at radius 2 is 1.83 bits per heavy atom. The summed E-state index contributed by atoms with van der Waals surface area (Å²) in [5.41, 5.74) is 3.68. The summed E-state index contributed by atoms with van der Waals surface area (Å²) < 4.78 is 0.969. The molecule has 0 spiro atoms. The van der Waals surface area contributed by atoms with Crippen LogP contribution in [0.2, 0.25) is 0 Å². The third kappa shape index (κ3) is 6.12. The van der Waals surface area contributed by atoms with Gasteiger partial charge in [0.2, 0.25) is 11.9 Å². The molecule has 1 amide bonds. The van der Waals surface area contributed by atoms with Crippen LogP contribution in [0.1, 0.15) is 43.9 Å². The molecule has 0 bridgehead atoms. The lowest BCUT2D eigenvalue weighted by atomic mass is 9.93. The van der Waals surface area contributed by atoms with Gasteiger partial charge in [-0.25, -0.2) is 9.97 Å². The second-order valence-corrected chi connectivity index (χ2v) is 9.92. The molecule has 1 saturated carbocycles. The number of carbonyl (C=O) groups is 1. The van der Waals surface area contributed by atoms with Crippen molar-refractivity contribution in [3.8, 4) is 0 Å². The average molecular weight is 489 g/mol. The summed E-state index contributed by atoms with van der Waals surface area (Å²) in [5.74, 6) is 1.15. The fraction of sp³-hybridized carbons (Fsp3) is 0.308.